The molecule has 0 aliphatic heterocycles. The second-order valence-electron chi connectivity index (χ2n) is 3.49. The van der Waals surface area contributed by atoms with Crippen molar-refractivity contribution < 1.29 is 9.18 Å². The topological polar surface area (TPSA) is 76.9 Å². The van der Waals surface area contributed by atoms with Crippen LogP contribution >= 0.6 is 11.3 Å². The van der Waals surface area contributed by atoms with Gasteiger partial charge in [0.05, 0.1) is 0 Å². The number of pyridine rings is 1. The van der Waals surface area contributed by atoms with Crippen LogP contribution in [-0.4, -0.2) is 20.7 Å². The summed E-state index contributed by atoms with van der Waals surface area (Å²) in [4.78, 5) is 23.0. The predicted molar refractivity (Wildman–Crippen MR) is 63.9 cm³/mol. The minimum atomic E-state index is -0.575. The molecule has 0 saturated heterocycles. The van der Waals surface area contributed by atoms with Crippen LogP contribution in [0.5, 0.6) is 0 Å². The Morgan fingerprint density at radius 3 is 2.94 bits per heavy atom. The zero-order valence-corrected chi connectivity index (χ0v) is 10.2. The van der Waals surface area contributed by atoms with E-state index in [2.05, 4.69) is 15.5 Å². The Kier molecular flexibility index (Phi) is 3.47. The molecule has 0 atom stereocenters. The second-order valence-corrected chi connectivity index (χ2v) is 4.67. The third kappa shape index (κ3) is 2.98. The zero-order valence-electron chi connectivity index (χ0n) is 9.38. The largest absolute Gasteiger partial charge is 0.303 e. The number of nitrogens with zero attached hydrogens (tertiary/aromatic N) is 3. The van der Waals surface area contributed by atoms with E-state index in [1.165, 1.54) is 11.3 Å². The third-order valence-electron chi connectivity index (χ3n) is 2.03. The number of rotatable bonds is 3. The van der Waals surface area contributed by atoms with E-state index in [9.17, 15) is 14.0 Å². The summed E-state index contributed by atoms with van der Waals surface area (Å²) in [5.74, 6) is -1.03. The molecule has 2 heterocycles. The Bertz CT molecular complexity index is 637. The van der Waals surface area contributed by atoms with Gasteiger partial charge in [0.1, 0.15) is 17.4 Å². The second kappa shape index (κ2) is 5.05. The van der Waals surface area contributed by atoms with E-state index in [1.54, 1.807) is 6.92 Å². The summed E-state index contributed by atoms with van der Waals surface area (Å²) < 4.78 is 13.9. The monoisotopic (exact) mass is 268 g/mol. The van der Waals surface area contributed by atoms with Crippen molar-refractivity contribution in [1.29, 1.82) is 0 Å². The summed E-state index contributed by atoms with van der Waals surface area (Å²) in [6.45, 7) is 1.49. The molecule has 6 nitrogen and oxygen atoms in total. The minimum Gasteiger partial charge on any atom is -0.303 e. The summed E-state index contributed by atoms with van der Waals surface area (Å²) in [6, 6.07) is 2.11. The Labute approximate surface area is 105 Å². The van der Waals surface area contributed by atoms with Crippen molar-refractivity contribution in [1.82, 2.24) is 14.8 Å². The zero-order chi connectivity index (χ0) is 13.1. The van der Waals surface area contributed by atoms with E-state index in [4.69, 9.17) is 0 Å². The highest BCUT2D eigenvalue weighted by atomic mass is 32.1. The number of aryl methyl sites for hydroxylation is 1. The molecule has 1 N–H and O–H groups in total. The Hall–Kier alpha value is -2.09. The molecule has 18 heavy (non-hydrogen) atoms. The van der Waals surface area contributed by atoms with Crippen LogP contribution in [0.4, 0.5) is 9.52 Å². The standard InChI is InChI=1S/C10H9FN4O2S/c1-6-13-14-10(18-6)12-8(16)5-15-4-7(11)2-3-9(15)17/h2-4H,5H2,1H3,(H,12,14,16). The van der Waals surface area contributed by atoms with Crippen LogP contribution in [-0.2, 0) is 11.3 Å². The van der Waals surface area contributed by atoms with Gasteiger partial charge in [0, 0.05) is 12.3 Å². The number of hydrogen-bond donors (Lipinski definition) is 1. The van der Waals surface area contributed by atoms with E-state index in [-0.39, 0.29) is 6.54 Å². The maximum Gasteiger partial charge on any atom is 0.251 e. The molecular formula is C10H9FN4O2S. The maximum atomic E-state index is 12.9. The van der Waals surface area contributed by atoms with E-state index < -0.39 is 17.3 Å². The molecule has 8 heteroatoms. The summed E-state index contributed by atoms with van der Waals surface area (Å²) >= 11 is 1.22. The van der Waals surface area contributed by atoms with Crippen LogP contribution in [0, 0.1) is 12.7 Å². The van der Waals surface area contributed by atoms with E-state index in [0.717, 1.165) is 22.9 Å². The van der Waals surface area contributed by atoms with Crippen molar-refractivity contribution in [2.24, 2.45) is 0 Å². The molecule has 2 aromatic heterocycles. The molecule has 0 bridgehead atoms. The predicted octanol–water partition coefficient (Wildman–Crippen LogP) is 0.786. The number of carbonyl (C=O) groups is 1. The van der Waals surface area contributed by atoms with Crippen LogP contribution < -0.4 is 10.9 Å². The number of hydrogen-bond acceptors (Lipinski definition) is 5. The molecule has 0 unspecified atom stereocenters. The van der Waals surface area contributed by atoms with Gasteiger partial charge in [0.2, 0.25) is 11.0 Å². The molecule has 0 saturated carbocycles. The number of nitrogens with one attached hydrogen (secondary N) is 1. The SMILES string of the molecule is Cc1nnc(NC(=O)Cn2cc(F)ccc2=O)s1. The van der Waals surface area contributed by atoms with Crippen molar-refractivity contribution in [3.63, 3.8) is 0 Å². The van der Waals surface area contributed by atoms with Crippen LogP contribution in [0.15, 0.2) is 23.1 Å². The lowest BCUT2D eigenvalue weighted by Crippen LogP contribution is -2.27. The molecule has 0 aromatic carbocycles. The van der Waals surface area contributed by atoms with Gasteiger partial charge in [-0.3, -0.25) is 14.9 Å². The molecule has 1 amide bonds. The van der Waals surface area contributed by atoms with Crippen LogP contribution in [0.3, 0.4) is 0 Å². The fourth-order valence-electron chi connectivity index (χ4n) is 1.29. The summed E-state index contributed by atoms with van der Waals surface area (Å²) in [5, 5.41) is 11.0. The molecule has 0 radical (unpaired) electrons. The number of aromatic nitrogens is 3. The molecule has 2 rings (SSSR count). The first-order valence-electron chi connectivity index (χ1n) is 5.00. The van der Waals surface area contributed by atoms with Crippen molar-refractivity contribution in [2.45, 2.75) is 13.5 Å². The number of anilines is 1. The van der Waals surface area contributed by atoms with Gasteiger partial charge >= 0.3 is 0 Å². The molecule has 0 fully saturated rings. The van der Waals surface area contributed by atoms with Crippen molar-refractivity contribution in [3.05, 3.63) is 39.5 Å². The highest BCUT2D eigenvalue weighted by molar-refractivity contribution is 7.15. The van der Waals surface area contributed by atoms with Gasteiger partial charge in [-0.05, 0) is 13.0 Å². The fourth-order valence-corrected chi connectivity index (χ4v) is 1.89. The lowest BCUT2D eigenvalue weighted by Gasteiger charge is -2.04. The molecule has 94 valence electrons. The number of amides is 1. The molecule has 0 aliphatic rings. The molecular weight excluding hydrogens is 259 g/mol. The summed E-state index contributed by atoms with van der Waals surface area (Å²) in [6.07, 6.45) is 0.979. The molecule has 0 spiro atoms. The minimum absolute atomic E-state index is 0.269. The first kappa shape index (κ1) is 12.4. The van der Waals surface area contributed by atoms with Crippen LogP contribution in [0.25, 0.3) is 0 Å². The smallest absolute Gasteiger partial charge is 0.251 e. The normalized spacial score (nSPS) is 10.3. The summed E-state index contributed by atoms with van der Waals surface area (Å²) in [5.41, 5.74) is -0.444. The van der Waals surface area contributed by atoms with Gasteiger partial charge in [0.25, 0.3) is 5.56 Å². The quantitative estimate of drug-likeness (QED) is 0.892. The first-order chi connectivity index (χ1) is 8.54. The average molecular weight is 268 g/mol. The number of halogens is 1. The van der Waals surface area contributed by atoms with Crippen molar-refractivity contribution in [2.75, 3.05) is 5.32 Å². The fraction of sp³-hybridized carbons (Fsp3) is 0.200. The lowest BCUT2D eigenvalue weighted by molar-refractivity contribution is -0.116. The van der Waals surface area contributed by atoms with Gasteiger partial charge in [-0.25, -0.2) is 4.39 Å². The summed E-state index contributed by atoms with van der Waals surface area (Å²) in [7, 11) is 0. The molecule has 2 aromatic rings. The van der Waals surface area contributed by atoms with E-state index in [0.29, 0.717) is 10.1 Å². The Balaban J connectivity index is 2.07. The third-order valence-corrected chi connectivity index (χ3v) is 2.79. The van der Waals surface area contributed by atoms with Crippen molar-refractivity contribution in [3.8, 4) is 0 Å². The van der Waals surface area contributed by atoms with Gasteiger partial charge in [0.15, 0.2) is 0 Å². The van der Waals surface area contributed by atoms with E-state index >= 15 is 0 Å². The van der Waals surface area contributed by atoms with Gasteiger partial charge in [-0.1, -0.05) is 11.3 Å². The van der Waals surface area contributed by atoms with Gasteiger partial charge in [-0.15, -0.1) is 10.2 Å². The van der Waals surface area contributed by atoms with E-state index in [1.807, 2.05) is 0 Å². The van der Waals surface area contributed by atoms with Gasteiger partial charge < -0.3 is 4.57 Å². The van der Waals surface area contributed by atoms with Crippen LogP contribution in [0.2, 0.25) is 0 Å². The maximum absolute atomic E-state index is 12.9. The number of carbonyl (C=O) groups excluding carboxylic acids is 1. The Morgan fingerprint density at radius 2 is 2.28 bits per heavy atom. The highest BCUT2D eigenvalue weighted by Gasteiger charge is 2.08. The van der Waals surface area contributed by atoms with Crippen LogP contribution in [0.1, 0.15) is 5.01 Å². The van der Waals surface area contributed by atoms with Crippen molar-refractivity contribution >= 4 is 22.4 Å². The Morgan fingerprint density at radius 1 is 1.50 bits per heavy atom. The average Bonchev–Trinajstić information content (AvgIpc) is 2.69. The highest BCUT2D eigenvalue weighted by Crippen LogP contribution is 2.13. The lowest BCUT2D eigenvalue weighted by atomic mass is 10.4. The van der Waals surface area contributed by atoms with Gasteiger partial charge in [-0.2, -0.15) is 0 Å². The molecule has 0 aliphatic carbocycles. The first-order valence-corrected chi connectivity index (χ1v) is 5.82.